The highest BCUT2D eigenvalue weighted by atomic mass is 16.4. The number of carbonyl (C=O) groups is 1. The van der Waals surface area contributed by atoms with Gasteiger partial charge in [0, 0.05) is 0 Å². The summed E-state index contributed by atoms with van der Waals surface area (Å²) in [6, 6.07) is 9.80. The van der Waals surface area contributed by atoms with Gasteiger partial charge in [-0.15, -0.1) is 0 Å². The summed E-state index contributed by atoms with van der Waals surface area (Å²) < 4.78 is 0. The van der Waals surface area contributed by atoms with Crippen LogP contribution in [0.5, 0.6) is 0 Å². The van der Waals surface area contributed by atoms with E-state index in [9.17, 15) is 4.79 Å². The third-order valence-corrected chi connectivity index (χ3v) is 2.21. The molecule has 2 nitrogen and oxygen atoms in total. The molecule has 0 saturated carbocycles. The lowest BCUT2D eigenvalue weighted by Crippen LogP contribution is -1.96. The van der Waals surface area contributed by atoms with E-state index in [0.717, 1.165) is 11.1 Å². The first-order chi connectivity index (χ1) is 7.65. The van der Waals surface area contributed by atoms with Crippen molar-refractivity contribution in [3.05, 3.63) is 66.3 Å². The third kappa shape index (κ3) is 3.24. The molecule has 0 aliphatic heterocycles. The highest BCUT2D eigenvalue weighted by Crippen LogP contribution is 2.13. The van der Waals surface area contributed by atoms with Gasteiger partial charge in [-0.1, -0.05) is 49.1 Å². The predicted octanol–water partition coefficient (Wildman–Crippen LogP) is 3.29. The van der Waals surface area contributed by atoms with E-state index in [1.54, 1.807) is 12.2 Å². The minimum atomic E-state index is -0.966. The van der Waals surface area contributed by atoms with Crippen LogP contribution in [-0.2, 0) is 4.79 Å². The van der Waals surface area contributed by atoms with Crippen molar-refractivity contribution >= 4 is 11.5 Å². The average molecular weight is 214 g/mol. The van der Waals surface area contributed by atoms with Crippen molar-refractivity contribution in [3.8, 4) is 0 Å². The van der Waals surface area contributed by atoms with Crippen molar-refractivity contribution in [2.45, 2.75) is 6.92 Å². The second-order valence-electron chi connectivity index (χ2n) is 3.35. The van der Waals surface area contributed by atoms with Crippen LogP contribution < -0.4 is 0 Å². The Bertz CT molecular complexity index is 439. The highest BCUT2D eigenvalue weighted by Gasteiger charge is 1.99. The Hall–Kier alpha value is -2.09. The Morgan fingerprint density at radius 1 is 1.25 bits per heavy atom. The topological polar surface area (TPSA) is 37.3 Å². The quantitative estimate of drug-likeness (QED) is 0.616. The molecule has 0 unspecified atom stereocenters. The second-order valence-corrected chi connectivity index (χ2v) is 3.35. The molecule has 0 bridgehead atoms. The summed E-state index contributed by atoms with van der Waals surface area (Å²) in [6.07, 6.45) is 4.66. The van der Waals surface area contributed by atoms with Crippen molar-refractivity contribution in [3.63, 3.8) is 0 Å². The molecule has 1 N–H and O–H groups in total. The average Bonchev–Trinajstić information content (AvgIpc) is 2.30. The van der Waals surface area contributed by atoms with E-state index in [0.29, 0.717) is 0 Å². The molecule has 0 radical (unpaired) electrons. The normalized spacial score (nSPS) is 12.3. The van der Waals surface area contributed by atoms with Gasteiger partial charge in [-0.05, 0) is 24.1 Å². The van der Waals surface area contributed by atoms with Gasteiger partial charge in [0.1, 0.15) is 0 Å². The van der Waals surface area contributed by atoms with Gasteiger partial charge in [0.05, 0.1) is 5.57 Å². The number of rotatable bonds is 4. The van der Waals surface area contributed by atoms with E-state index in [2.05, 4.69) is 6.58 Å². The Morgan fingerprint density at radius 3 is 2.38 bits per heavy atom. The van der Waals surface area contributed by atoms with Gasteiger partial charge in [0.2, 0.25) is 0 Å². The van der Waals surface area contributed by atoms with Crippen LogP contribution in [0.25, 0.3) is 5.57 Å². The fourth-order valence-electron chi connectivity index (χ4n) is 1.24. The van der Waals surface area contributed by atoms with Crippen molar-refractivity contribution in [1.29, 1.82) is 0 Å². The summed E-state index contributed by atoms with van der Waals surface area (Å²) in [5.41, 5.74) is 2.28. The van der Waals surface area contributed by atoms with Crippen LogP contribution in [-0.4, -0.2) is 11.1 Å². The Labute approximate surface area is 95.2 Å². The van der Waals surface area contributed by atoms with Gasteiger partial charge in [0.15, 0.2) is 0 Å². The minimum Gasteiger partial charge on any atom is -0.478 e. The first-order valence-corrected chi connectivity index (χ1v) is 4.95. The molecule has 2 heteroatoms. The molecule has 1 aromatic rings. The summed E-state index contributed by atoms with van der Waals surface area (Å²) >= 11 is 0. The maximum absolute atomic E-state index is 10.7. The molecule has 0 heterocycles. The van der Waals surface area contributed by atoms with Crippen molar-refractivity contribution in [2.24, 2.45) is 0 Å². The number of benzene rings is 1. The maximum atomic E-state index is 10.7. The molecule has 0 aliphatic carbocycles. The van der Waals surface area contributed by atoms with Gasteiger partial charge >= 0.3 is 5.97 Å². The lowest BCUT2D eigenvalue weighted by atomic mass is 10.1. The monoisotopic (exact) mass is 214 g/mol. The lowest BCUT2D eigenvalue weighted by Gasteiger charge is -1.99. The fraction of sp³-hybridized carbons (Fsp3) is 0.0714. The summed E-state index contributed by atoms with van der Waals surface area (Å²) in [7, 11) is 0. The molecule has 0 saturated heterocycles. The predicted molar refractivity (Wildman–Crippen MR) is 66.0 cm³/mol. The molecule has 0 aromatic heterocycles. The number of hydrogen-bond acceptors (Lipinski definition) is 1. The van der Waals surface area contributed by atoms with E-state index in [-0.39, 0.29) is 5.57 Å². The van der Waals surface area contributed by atoms with Crippen LogP contribution in [0.15, 0.2) is 60.7 Å². The van der Waals surface area contributed by atoms with Crippen LogP contribution in [0.4, 0.5) is 0 Å². The lowest BCUT2D eigenvalue weighted by molar-refractivity contribution is -0.132. The third-order valence-electron chi connectivity index (χ3n) is 2.21. The van der Waals surface area contributed by atoms with Crippen molar-refractivity contribution in [2.75, 3.05) is 0 Å². The minimum absolute atomic E-state index is 0.190. The Balaban J connectivity index is 2.94. The van der Waals surface area contributed by atoms with Crippen LogP contribution in [0, 0.1) is 0 Å². The van der Waals surface area contributed by atoms with E-state index in [1.165, 1.54) is 6.08 Å². The molecule has 1 rings (SSSR count). The molecule has 0 amide bonds. The maximum Gasteiger partial charge on any atom is 0.335 e. The molecule has 0 fully saturated rings. The standard InChI is InChI=1S/C14H14O2/c1-3-12(14(15)16)10-9-11(2)13-7-5-4-6-8-13/h3-10H,1H2,2H3,(H,15,16)/b11-9+,12-10+. The molecule has 82 valence electrons. The van der Waals surface area contributed by atoms with E-state index in [1.807, 2.05) is 37.3 Å². The molecular weight excluding hydrogens is 200 g/mol. The summed E-state index contributed by atoms with van der Waals surface area (Å²) in [4.78, 5) is 10.7. The number of hydrogen-bond donors (Lipinski definition) is 1. The molecule has 0 atom stereocenters. The number of aliphatic carboxylic acids is 1. The number of carboxylic acids is 1. The van der Waals surface area contributed by atoms with E-state index < -0.39 is 5.97 Å². The van der Waals surface area contributed by atoms with Gasteiger partial charge in [-0.25, -0.2) is 4.79 Å². The van der Waals surface area contributed by atoms with Gasteiger partial charge in [-0.2, -0.15) is 0 Å². The van der Waals surface area contributed by atoms with Crippen molar-refractivity contribution < 1.29 is 9.90 Å². The van der Waals surface area contributed by atoms with Crippen molar-refractivity contribution in [1.82, 2.24) is 0 Å². The summed E-state index contributed by atoms with van der Waals surface area (Å²) in [5, 5.41) is 8.79. The molecule has 16 heavy (non-hydrogen) atoms. The van der Waals surface area contributed by atoms with Gasteiger partial charge in [-0.3, -0.25) is 0 Å². The number of allylic oxidation sites excluding steroid dienone is 3. The van der Waals surface area contributed by atoms with Gasteiger partial charge < -0.3 is 5.11 Å². The molecular formula is C14H14O2. The number of carboxylic acid groups (broad SMARTS) is 1. The zero-order valence-corrected chi connectivity index (χ0v) is 9.18. The van der Waals surface area contributed by atoms with Crippen LogP contribution in [0.3, 0.4) is 0 Å². The molecule has 1 aromatic carbocycles. The first-order valence-electron chi connectivity index (χ1n) is 4.95. The van der Waals surface area contributed by atoms with E-state index in [4.69, 9.17) is 5.11 Å². The van der Waals surface area contributed by atoms with Crippen LogP contribution in [0.2, 0.25) is 0 Å². The Kier molecular flexibility index (Phi) is 4.28. The summed E-state index contributed by atoms with van der Waals surface area (Å²) in [6.45, 7) is 5.39. The SMILES string of the molecule is C=C/C(=C\C=C(/C)c1ccccc1)C(=O)O. The first kappa shape index (κ1) is 12.0. The largest absolute Gasteiger partial charge is 0.478 e. The molecule has 0 aliphatic rings. The highest BCUT2D eigenvalue weighted by molar-refractivity contribution is 5.90. The van der Waals surface area contributed by atoms with Crippen LogP contribution in [0.1, 0.15) is 12.5 Å². The second kappa shape index (κ2) is 5.71. The van der Waals surface area contributed by atoms with Crippen LogP contribution >= 0.6 is 0 Å². The zero-order chi connectivity index (χ0) is 12.0. The smallest absolute Gasteiger partial charge is 0.335 e. The fourth-order valence-corrected chi connectivity index (χ4v) is 1.24. The van der Waals surface area contributed by atoms with E-state index >= 15 is 0 Å². The summed E-state index contributed by atoms with van der Waals surface area (Å²) in [5.74, 6) is -0.966. The molecule has 0 spiro atoms. The van der Waals surface area contributed by atoms with Gasteiger partial charge in [0.25, 0.3) is 0 Å². The Morgan fingerprint density at radius 2 is 1.88 bits per heavy atom. The zero-order valence-electron chi connectivity index (χ0n) is 9.18.